The highest BCUT2D eigenvalue weighted by Gasteiger charge is 2.24. The molecule has 148 valence electrons. The molecule has 0 aliphatic carbocycles. The van der Waals surface area contributed by atoms with Crippen LogP contribution in [0.4, 0.5) is 5.69 Å². The van der Waals surface area contributed by atoms with Gasteiger partial charge in [0.15, 0.2) is 0 Å². The number of carbonyl (C=O) groups excluding carboxylic acids is 2. The molecular weight excluding hydrogens is 398 g/mol. The molecule has 3 aromatic carbocycles. The van der Waals surface area contributed by atoms with Gasteiger partial charge in [0.05, 0.1) is 5.52 Å². The summed E-state index contributed by atoms with van der Waals surface area (Å²) in [6.45, 7) is 0. The van der Waals surface area contributed by atoms with Gasteiger partial charge in [-0.3, -0.25) is 9.59 Å². The van der Waals surface area contributed by atoms with Crippen LogP contribution in [0.2, 0.25) is 5.02 Å². The molecule has 0 radical (unpaired) electrons. The molecule has 1 unspecified atom stereocenters. The van der Waals surface area contributed by atoms with Crippen LogP contribution in [-0.4, -0.2) is 16.8 Å². The van der Waals surface area contributed by atoms with Crippen molar-refractivity contribution in [3.8, 4) is 0 Å². The first-order valence-corrected chi connectivity index (χ1v) is 9.76. The number of amides is 2. The number of benzene rings is 3. The van der Waals surface area contributed by atoms with Crippen molar-refractivity contribution in [2.45, 2.75) is 6.04 Å². The number of fused-ring (bicyclic) bond motifs is 1. The molecule has 4 rings (SSSR count). The van der Waals surface area contributed by atoms with E-state index in [-0.39, 0.29) is 11.6 Å². The lowest BCUT2D eigenvalue weighted by Gasteiger charge is -2.19. The van der Waals surface area contributed by atoms with Crippen molar-refractivity contribution in [3.05, 3.63) is 107 Å². The van der Waals surface area contributed by atoms with Crippen molar-refractivity contribution in [1.82, 2.24) is 10.3 Å². The van der Waals surface area contributed by atoms with Crippen molar-refractivity contribution < 1.29 is 9.59 Å². The summed E-state index contributed by atoms with van der Waals surface area (Å²) in [6.07, 6.45) is 0. The maximum Gasteiger partial charge on any atom is 0.270 e. The summed E-state index contributed by atoms with van der Waals surface area (Å²) in [5.74, 6) is -0.812. The minimum absolute atomic E-state index is 0.241. The molecule has 0 saturated carbocycles. The molecule has 0 spiro atoms. The summed E-state index contributed by atoms with van der Waals surface area (Å²) < 4.78 is 0. The van der Waals surface area contributed by atoms with Gasteiger partial charge in [-0.2, -0.15) is 0 Å². The second-order valence-corrected chi connectivity index (χ2v) is 7.14. The molecule has 0 aliphatic rings. The zero-order chi connectivity index (χ0) is 20.9. The van der Waals surface area contributed by atoms with Gasteiger partial charge in [-0.05, 0) is 35.9 Å². The van der Waals surface area contributed by atoms with Gasteiger partial charge in [0, 0.05) is 16.1 Å². The standard InChI is InChI=1S/C24H18ClN3O2/c25-18-10-6-11-19(15-18)26-24(30)22(17-8-2-1-3-9-17)28-23(29)21-14-13-16-7-4-5-12-20(16)27-21/h1-15,22H,(H,26,30)(H,28,29). The highest BCUT2D eigenvalue weighted by atomic mass is 35.5. The van der Waals surface area contributed by atoms with Gasteiger partial charge in [0.1, 0.15) is 11.7 Å². The highest BCUT2D eigenvalue weighted by molar-refractivity contribution is 6.30. The lowest BCUT2D eigenvalue weighted by Crippen LogP contribution is -2.37. The van der Waals surface area contributed by atoms with E-state index in [1.54, 1.807) is 42.5 Å². The average Bonchev–Trinajstić information content (AvgIpc) is 2.77. The van der Waals surface area contributed by atoms with Crippen LogP contribution in [0.3, 0.4) is 0 Å². The van der Waals surface area contributed by atoms with E-state index in [0.717, 1.165) is 5.39 Å². The summed E-state index contributed by atoms with van der Waals surface area (Å²) in [5, 5.41) is 7.06. The van der Waals surface area contributed by atoms with Crippen molar-refractivity contribution in [2.24, 2.45) is 0 Å². The third-order valence-electron chi connectivity index (χ3n) is 4.59. The molecule has 1 atom stereocenters. The van der Waals surface area contributed by atoms with Crippen LogP contribution in [0, 0.1) is 0 Å². The van der Waals surface area contributed by atoms with Crippen molar-refractivity contribution >= 4 is 40.0 Å². The zero-order valence-corrected chi connectivity index (χ0v) is 16.6. The maximum atomic E-state index is 13.0. The predicted octanol–water partition coefficient (Wildman–Crippen LogP) is 5.00. The Morgan fingerprint density at radius 3 is 2.40 bits per heavy atom. The van der Waals surface area contributed by atoms with Crippen LogP contribution >= 0.6 is 11.6 Å². The Hall–Kier alpha value is -3.70. The van der Waals surface area contributed by atoms with Gasteiger partial charge in [0.25, 0.3) is 11.8 Å². The Kier molecular flexibility index (Phi) is 5.72. The molecule has 30 heavy (non-hydrogen) atoms. The first-order chi connectivity index (χ1) is 14.6. The summed E-state index contributed by atoms with van der Waals surface area (Å²) in [7, 11) is 0. The topological polar surface area (TPSA) is 71.1 Å². The fraction of sp³-hybridized carbons (Fsp3) is 0.0417. The number of pyridine rings is 1. The molecule has 2 amide bonds. The van der Waals surface area contributed by atoms with E-state index < -0.39 is 11.9 Å². The Morgan fingerprint density at radius 1 is 0.833 bits per heavy atom. The van der Waals surface area contributed by atoms with E-state index in [1.165, 1.54) is 0 Å². The minimum Gasteiger partial charge on any atom is -0.335 e. The third kappa shape index (κ3) is 4.47. The lowest BCUT2D eigenvalue weighted by atomic mass is 10.1. The summed E-state index contributed by atoms with van der Waals surface area (Å²) in [4.78, 5) is 30.3. The number of carbonyl (C=O) groups is 2. The molecule has 0 aliphatic heterocycles. The van der Waals surface area contributed by atoms with Crippen molar-refractivity contribution in [2.75, 3.05) is 5.32 Å². The van der Waals surface area contributed by atoms with E-state index in [2.05, 4.69) is 15.6 Å². The van der Waals surface area contributed by atoms with Crippen LogP contribution in [-0.2, 0) is 4.79 Å². The molecule has 1 aromatic heterocycles. The number of halogens is 1. The first-order valence-electron chi connectivity index (χ1n) is 9.38. The van der Waals surface area contributed by atoms with Crippen molar-refractivity contribution in [1.29, 1.82) is 0 Å². The summed E-state index contributed by atoms with van der Waals surface area (Å²) >= 11 is 6.01. The molecule has 1 heterocycles. The molecule has 0 bridgehead atoms. The van der Waals surface area contributed by atoms with E-state index in [4.69, 9.17) is 11.6 Å². The van der Waals surface area contributed by atoms with Gasteiger partial charge in [-0.1, -0.05) is 72.3 Å². The van der Waals surface area contributed by atoms with E-state index in [1.807, 2.05) is 48.5 Å². The molecule has 4 aromatic rings. The summed E-state index contributed by atoms with van der Waals surface area (Å²) in [5.41, 5.74) is 2.16. The lowest BCUT2D eigenvalue weighted by molar-refractivity contribution is -0.118. The largest absolute Gasteiger partial charge is 0.335 e. The van der Waals surface area contributed by atoms with Crippen LogP contribution in [0.25, 0.3) is 10.9 Å². The molecule has 5 nitrogen and oxygen atoms in total. The highest BCUT2D eigenvalue weighted by Crippen LogP contribution is 2.20. The number of hydrogen-bond donors (Lipinski definition) is 2. The SMILES string of the molecule is O=C(NC(C(=O)Nc1cccc(Cl)c1)c1ccccc1)c1ccc2ccccc2n1. The van der Waals surface area contributed by atoms with Gasteiger partial charge >= 0.3 is 0 Å². The monoisotopic (exact) mass is 415 g/mol. The number of nitrogens with one attached hydrogen (secondary N) is 2. The number of nitrogens with zero attached hydrogens (tertiary/aromatic N) is 1. The second kappa shape index (κ2) is 8.76. The second-order valence-electron chi connectivity index (χ2n) is 6.71. The fourth-order valence-electron chi connectivity index (χ4n) is 3.12. The van der Waals surface area contributed by atoms with Crippen molar-refractivity contribution in [3.63, 3.8) is 0 Å². The van der Waals surface area contributed by atoms with Crippen LogP contribution < -0.4 is 10.6 Å². The van der Waals surface area contributed by atoms with E-state index >= 15 is 0 Å². The summed E-state index contributed by atoms with van der Waals surface area (Å²) in [6, 6.07) is 26.0. The van der Waals surface area contributed by atoms with Crippen LogP contribution in [0.1, 0.15) is 22.1 Å². The van der Waals surface area contributed by atoms with Gasteiger partial charge in [-0.25, -0.2) is 4.98 Å². The zero-order valence-electron chi connectivity index (χ0n) is 15.9. The average molecular weight is 416 g/mol. The van der Waals surface area contributed by atoms with Gasteiger partial charge < -0.3 is 10.6 Å². The number of para-hydroxylation sites is 1. The molecule has 2 N–H and O–H groups in total. The molecule has 0 fully saturated rings. The predicted molar refractivity (Wildman–Crippen MR) is 118 cm³/mol. The van der Waals surface area contributed by atoms with Gasteiger partial charge in [-0.15, -0.1) is 0 Å². The minimum atomic E-state index is -0.897. The number of hydrogen-bond acceptors (Lipinski definition) is 3. The molecular formula is C24H18ClN3O2. The molecule has 0 saturated heterocycles. The quantitative estimate of drug-likeness (QED) is 0.482. The Bertz CT molecular complexity index is 1210. The maximum absolute atomic E-state index is 13.0. The molecule has 6 heteroatoms. The number of anilines is 1. The normalized spacial score (nSPS) is 11.6. The number of aromatic nitrogens is 1. The smallest absolute Gasteiger partial charge is 0.270 e. The Morgan fingerprint density at radius 2 is 1.60 bits per heavy atom. The van der Waals surface area contributed by atoms with E-state index in [0.29, 0.717) is 21.8 Å². The third-order valence-corrected chi connectivity index (χ3v) is 4.83. The Labute approximate surface area is 178 Å². The Balaban J connectivity index is 1.60. The van der Waals surface area contributed by atoms with E-state index in [9.17, 15) is 9.59 Å². The number of rotatable bonds is 5. The van der Waals surface area contributed by atoms with Crippen LogP contribution in [0.15, 0.2) is 91.0 Å². The fourth-order valence-corrected chi connectivity index (χ4v) is 3.31. The van der Waals surface area contributed by atoms with Crippen LogP contribution in [0.5, 0.6) is 0 Å². The first kappa shape index (κ1) is 19.6. The van der Waals surface area contributed by atoms with Gasteiger partial charge in [0.2, 0.25) is 0 Å².